The molecule has 0 aliphatic carbocycles. The van der Waals surface area contributed by atoms with Gasteiger partial charge in [0.15, 0.2) is 0 Å². The molecule has 0 saturated heterocycles. The van der Waals surface area contributed by atoms with Crippen molar-refractivity contribution in [3.8, 4) is 5.75 Å². The number of hydrogen-bond donors (Lipinski definition) is 2. The van der Waals surface area contributed by atoms with Crippen molar-refractivity contribution < 1.29 is 17.9 Å². The van der Waals surface area contributed by atoms with Gasteiger partial charge in [-0.05, 0) is 30.7 Å². The molecule has 0 aromatic heterocycles. The quantitative estimate of drug-likeness (QED) is 0.721. The monoisotopic (exact) mass is 298 g/mol. The van der Waals surface area contributed by atoms with Crippen molar-refractivity contribution in [1.82, 2.24) is 10.0 Å². The molecule has 0 saturated carbocycles. The fraction of sp³-hybridized carbons (Fsp3) is 0.308. The minimum atomic E-state index is -3.73. The van der Waals surface area contributed by atoms with Crippen LogP contribution in [0.4, 0.5) is 0 Å². The summed E-state index contributed by atoms with van der Waals surface area (Å²) in [6.07, 6.45) is 1.51. The fourth-order valence-corrected chi connectivity index (χ4v) is 2.74. The molecule has 110 valence electrons. The van der Waals surface area contributed by atoms with Crippen molar-refractivity contribution in [2.45, 2.75) is 11.8 Å². The van der Waals surface area contributed by atoms with Gasteiger partial charge >= 0.3 is 0 Å². The largest absolute Gasteiger partial charge is 0.497 e. The summed E-state index contributed by atoms with van der Waals surface area (Å²) in [5, 5.41) is 2.49. The molecule has 0 fully saturated rings. The highest BCUT2D eigenvalue weighted by molar-refractivity contribution is 7.89. The Morgan fingerprint density at radius 3 is 2.70 bits per heavy atom. The zero-order valence-electron chi connectivity index (χ0n) is 11.5. The topological polar surface area (TPSA) is 84.5 Å². The summed E-state index contributed by atoms with van der Waals surface area (Å²) >= 11 is 0. The number of carbonyl (C=O) groups is 1. The lowest BCUT2D eigenvalue weighted by molar-refractivity contribution is -0.119. The molecule has 7 heteroatoms. The number of methoxy groups -OCH3 is 1. The molecule has 0 heterocycles. The minimum Gasteiger partial charge on any atom is -0.497 e. The van der Waals surface area contributed by atoms with E-state index in [1.165, 1.54) is 19.3 Å². The number of rotatable bonds is 7. The van der Waals surface area contributed by atoms with E-state index in [0.29, 0.717) is 17.9 Å². The summed E-state index contributed by atoms with van der Waals surface area (Å²) < 4.78 is 31.4. The van der Waals surface area contributed by atoms with E-state index in [-0.39, 0.29) is 11.4 Å². The first-order valence-electron chi connectivity index (χ1n) is 5.92. The van der Waals surface area contributed by atoms with E-state index in [1.54, 1.807) is 19.1 Å². The van der Waals surface area contributed by atoms with Gasteiger partial charge in [-0.1, -0.05) is 6.08 Å². The Bertz CT molecular complexity index is 596. The molecule has 0 aliphatic rings. The van der Waals surface area contributed by atoms with Crippen LogP contribution in [0.2, 0.25) is 0 Å². The molecule has 0 unspecified atom stereocenters. The molecule has 1 amide bonds. The highest BCUT2D eigenvalue weighted by Gasteiger charge is 2.18. The molecular formula is C13H18N2O4S. The Morgan fingerprint density at radius 1 is 1.45 bits per heavy atom. The number of ether oxygens (including phenoxy) is 1. The summed E-state index contributed by atoms with van der Waals surface area (Å²) in [6, 6.07) is 4.61. The fourth-order valence-electron chi connectivity index (χ4n) is 1.54. The van der Waals surface area contributed by atoms with Crippen molar-refractivity contribution in [1.29, 1.82) is 0 Å². The van der Waals surface area contributed by atoms with Gasteiger partial charge in [-0.3, -0.25) is 4.79 Å². The maximum atomic E-state index is 12.1. The van der Waals surface area contributed by atoms with Gasteiger partial charge in [0.25, 0.3) is 0 Å². The summed E-state index contributed by atoms with van der Waals surface area (Å²) in [5.41, 5.74) is 0.545. The highest BCUT2D eigenvalue weighted by atomic mass is 32.2. The number of aryl methyl sites for hydroxylation is 1. The van der Waals surface area contributed by atoms with Gasteiger partial charge in [0.05, 0.1) is 18.6 Å². The molecule has 0 radical (unpaired) electrons. The zero-order chi connectivity index (χ0) is 15.2. The van der Waals surface area contributed by atoms with Gasteiger partial charge < -0.3 is 10.1 Å². The van der Waals surface area contributed by atoms with Gasteiger partial charge in [-0.15, -0.1) is 6.58 Å². The van der Waals surface area contributed by atoms with Crippen molar-refractivity contribution in [2.75, 3.05) is 20.2 Å². The zero-order valence-corrected chi connectivity index (χ0v) is 12.3. The van der Waals surface area contributed by atoms with Gasteiger partial charge in [0.2, 0.25) is 15.9 Å². The average molecular weight is 298 g/mol. The molecule has 20 heavy (non-hydrogen) atoms. The normalized spacial score (nSPS) is 10.9. The van der Waals surface area contributed by atoms with Crippen molar-refractivity contribution in [2.24, 2.45) is 0 Å². The van der Waals surface area contributed by atoms with Gasteiger partial charge in [-0.25, -0.2) is 13.1 Å². The first-order chi connectivity index (χ1) is 9.40. The predicted octanol–water partition coefficient (Wildman–Crippen LogP) is 0.584. The Kier molecular flexibility index (Phi) is 5.72. The van der Waals surface area contributed by atoms with E-state index in [0.717, 1.165) is 0 Å². The van der Waals surface area contributed by atoms with Crippen molar-refractivity contribution in [3.05, 3.63) is 36.4 Å². The number of amides is 1. The first kappa shape index (κ1) is 16.2. The van der Waals surface area contributed by atoms with E-state index in [1.807, 2.05) is 0 Å². The van der Waals surface area contributed by atoms with Crippen LogP contribution in [-0.4, -0.2) is 34.5 Å². The maximum Gasteiger partial charge on any atom is 0.241 e. The van der Waals surface area contributed by atoms with E-state index in [4.69, 9.17) is 4.74 Å². The molecular weight excluding hydrogens is 280 g/mol. The molecule has 1 aromatic rings. The van der Waals surface area contributed by atoms with E-state index in [2.05, 4.69) is 16.6 Å². The predicted molar refractivity (Wildman–Crippen MR) is 76.1 cm³/mol. The third-order valence-electron chi connectivity index (χ3n) is 2.54. The average Bonchev–Trinajstić information content (AvgIpc) is 2.42. The Morgan fingerprint density at radius 2 is 2.15 bits per heavy atom. The van der Waals surface area contributed by atoms with E-state index in [9.17, 15) is 13.2 Å². The summed E-state index contributed by atoms with van der Waals surface area (Å²) in [5.74, 6) is 0.157. The van der Waals surface area contributed by atoms with Crippen molar-refractivity contribution >= 4 is 15.9 Å². The van der Waals surface area contributed by atoms with Crippen LogP contribution in [0.3, 0.4) is 0 Å². The Labute approximate surface area is 118 Å². The lowest BCUT2D eigenvalue weighted by Gasteiger charge is -2.10. The van der Waals surface area contributed by atoms with Crippen LogP contribution >= 0.6 is 0 Å². The molecule has 2 N–H and O–H groups in total. The number of nitrogens with one attached hydrogen (secondary N) is 2. The van der Waals surface area contributed by atoms with Gasteiger partial charge in [-0.2, -0.15) is 0 Å². The van der Waals surface area contributed by atoms with Crippen LogP contribution in [0.25, 0.3) is 0 Å². The first-order valence-corrected chi connectivity index (χ1v) is 7.41. The molecule has 1 rings (SSSR count). The van der Waals surface area contributed by atoms with E-state index >= 15 is 0 Å². The van der Waals surface area contributed by atoms with Crippen LogP contribution in [-0.2, 0) is 14.8 Å². The lowest BCUT2D eigenvalue weighted by Crippen LogP contribution is -2.37. The Balaban J connectivity index is 2.79. The number of benzene rings is 1. The van der Waals surface area contributed by atoms with Gasteiger partial charge in [0, 0.05) is 6.54 Å². The second-order valence-corrected chi connectivity index (χ2v) is 5.78. The molecule has 0 aliphatic heterocycles. The summed E-state index contributed by atoms with van der Waals surface area (Å²) in [4.78, 5) is 11.5. The minimum absolute atomic E-state index is 0.120. The summed E-state index contributed by atoms with van der Waals surface area (Å²) in [6.45, 7) is 5.09. The third kappa shape index (κ3) is 4.36. The molecule has 0 atom stereocenters. The second kappa shape index (κ2) is 7.06. The maximum absolute atomic E-state index is 12.1. The standard InChI is InChI=1S/C13H18N2O4S/c1-4-7-14-13(16)9-15-20(17,18)12-6-5-11(19-3)8-10(12)2/h4-6,8,15H,1,7,9H2,2-3H3,(H,14,16). The second-order valence-electron chi connectivity index (χ2n) is 4.05. The smallest absolute Gasteiger partial charge is 0.241 e. The number of carbonyl (C=O) groups excluding carboxylic acids is 1. The molecule has 0 spiro atoms. The highest BCUT2D eigenvalue weighted by Crippen LogP contribution is 2.20. The van der Waals surface area contributed by atoms with Crippen LogP contribution in [0, 0.1) is 6.92 Å². The summed E-state index contributed by atoms with van der Waals surface area (Å²) in [7, 11) is -2.22. The molecule has 1 aromatic carbocycles. The van der Waals surface area contributed by atoms with Crippen LogP contribution in [0.5, 0.6) is 5.75 Å². The molecule has 6 nitrogen and oxygen atoms in total. The van der Waals surface area contributed by atoms with Gasteiger partial charge in [0.1, 0.15) is 5.75 Å². The lowest BCUT2D eigenvalue weighted by atomic mass is 10.2. The van der Waals surface area contributed by atoms with Crippen LogP contribution in [0.15, 0.2) is 35.7 Å². The molecule has 0 bridgehead atoms. The van der Waals surface area contributed by atoms with E-state index < -0.39 is 15.9 Å². The van der Waals surface area contributed by atoms with Crippen molar-refractivity contribution in [3.63, 3.8) is 0 Å². The Hall–Kier alpha value is -1.86. The number of sulfonamides is 1. The third-order valence-corrected chi connectivity index (χ3v) is 4.10. The SMILES string of the molecule is C=CCNC(=O)CNS(=O)(=O)c1ccc(OC)cc1C. The van der Waals surface area contributed by atoms with Crippen LogP contribution < -0.4 is 14.8 Å². The number of hydrogen-bond acceptors (Lipinski definition) is 4. The van der Waals surface area contributed by atoms with Crippen LogP contribution in [0.1, 0.15) is 5.56 Å².